The maximum Gasteiger partial charge on any atom is 0.263 e. The zero-order valence-electron chi connectivity index (χ0n) is 17.2. The first-order valence-electron chi connectivity index (χ1n) is 11.1. The van der Waals surface area contributed by atoms with Crippen molar-refractivity contribution in [2.45, 2.75) is 58.4 Å². The summed E-state index contributed by atoms with van der Waals surface area (Å²) in [5.74, 6) is 1.61. The molecular formula is C24H29N3OS. The predicted octanol–water partition coefficient (Wildman–Crippen LogP) is 4.82. The summed E-state index contributed by atoms with van der Waals surface area (Å²) in [4.78, 5) is 23.1. The smallest absolute Gasteiger partial charge is 0.263 e. The third kappa shape index (κ3) is 3.50. The highest BCUT2D eigenvalue weighted by Crippen LogP contribution is 2.35. The third-order valence-corrected chi connectivity index (χ3v) is 7.82. The molecule has 0 bridgehead atoms. The van der Waals surface area contributed by atoms with E-state index in [1.54, 1.807) is 11.3 Å². The molecule has 0 N–H and O–H groups in total. The molecule has 0 radical (unpaired) electrons. The Balaban J connectivity index is 1.41. The van der Waals surface area contributed by atoms with Gasteiger partial charge in [0.25, 0.3) is 5.56 Å². The Morgan fingerprint density at radius 2 is 1.86 bits per heavy atom. The van der Waals surface area contributed by atoms with E-state index < -0.39 is 0 Å². The molecule has 1 saturated heterocycles. The number of hydrogen-bond donors (Lipinski definition) is 0. The van der Waals surface area contributed by atoms with Crippen LogP contribution in [0.5, 0.6) is 0 Å². The molecule has 29 heavy (non-hydrogen) atoms. The van der Waals surface area contributed by atoms with Crippen molar-refractivity contribution in [1.82, 2.24) is 9.55 Å². The molecule has 0 saturated carbocycles. The molecule has 1 aliphatic heterocycles. The van der Waals surface area contributed by atoms with Gasteiger partial charge in [-0.1, -0.05) is 30.3 Å². The van der Waals surface area contributed by atoms with Crippen LogP contribution in [0.1, 0.15) is 48.6 Å². The van der Waals surface area contributed by atoms with E-state index in [1.807, 2.05) is 4.57 Å². The number of rotatable bonds is 4. The molecule has 5 heteroatoms. The van der Waals surface area contributed by atoms with Gasteiger partial charge in [-0.15, -0.1) is 11.3 Å². The van der Waals surface area contributed by atoms with Gasteiger partial charge < -0.3 is 4.90 Å². The molecule has 0 spiro atoms. The van der Waals surface area contributed by atoms with Gasteiger partial charge >= 0.3 is 0 Å². The molecule has 1 aliphatic carbocycles. The maximum absolute atomic E-state index is 13.4. The molecular weight excluding hydrogens is 378 g/mol. The Morgan fingerprint density at radius 1 is 1.10 bits per heavy atom. The summed E-state index contributed by atoms with van der Waals surface area (Å²) in [6, 6.07) is 10.8. The van der Waals surface area contributed by atoms with E-state index in [4.69, 9.17) is 4.98 Å². The molecule has 152 valence electrons. The van der Waals surface area contributed by atoms with Gasteiger partial charge in [0.1, 0.15) is 4.83 Å². The highest BCUT2D eigenvalue weighted by Gasteiger charge is 2.26. The Morgan fingerprint density at radius 3 is 2.62 bits per heavy atom. The summed E-state index contributed by atoms with van der Waals surface area (Å²) in [7, 11) is 0. The SMILES string of the molecule is CCn1c(N2CCC(Cc3ccccc3)CC2)nc2sc3c(c2c1=O)CCCC3. The molecule has 1 aromatic carbocycles. The van der Waals surface area contributed by atoms with E-state index in [0.29, 0.717) is 12.5 Å². The van der Waals surface area contributed by atoms with Gasteiger partial charge in [-0.3, -0.25) is 9.36 Å². The highest BCUT2D eigenvalue weighted by atomic mass is 32.1. The van der Waals surface area contributed by atoms with Crippen molar-refractivity contribution in [3.8, 4) is 0 Å². The molecule has 3 aromatic rings. The highest BCUT2D eigenvalue weighted by molar-refractivity contribution is 7.18. The van der Waals surface area contributed by atoms with Crippen molar-refractivity contribution >= 4 is 27.5 Å². The van der Waals surface area contributed by atoms with Crippen LogP contribution in [0.2, 0.25) is 0 Å². The fraction of sp³-hybridized carbons (Fsp3) is 0.500. The first-order valence-corrected chi connectivity index (χ1v) is 11.9. The second kappa shape index (κ2) is 7.94. The van der Waals surface area contributed by atoms with Gasteiger partial charge in [0, 0.05) is 24.5 Å². The van der Waals surface area contributed by atoms with Gasteiger partial charge in [-0.05, 0) is 68.9 Å². The Labute approximate surface area is 176 Å². The monoisotopic (exact) mass is 407 g/mol. The van der Waals surface area contributed by atoms with Crippen molar-refractivity contribution in [3.05, 3.63) is 56.7 Å². The van der Waals surface area contributed by atoms with Gasteiger partial charge in [0.05, 0.1) is 5.39 Å². The van der Waals surface area contributed by atoms with Crippen LogP contribution in [0.25, 0.3) is 10.2 Å². The third-order valence-electron chi connectivity index (χ3n) is 6.64. The first kappa shape index (κ1) is 18.9. The van der Waals surface area contributed by atoms with Crippen LogP contribution in [0.15, 0.2) is 35.1 Å². The minimum absolute atomic E-state index is 0.179. The lowest BCUT2D eigenvalue weighted by molar-refractivity contribution is 0.397. The topological polar surface area (TPSA) is 38.1 Å². The second-order valence-corrected chi connectivity index (χ2v) is 9.56. The number of aryl methyl sites for hydroxylation is 2. The molecule has 2 aliphatic rings. The summed E-state index contributed by atoms with van der Waals surface area (Å²) in [6.07, 6.45) is 8.06. The predicted molar refractivity (Wildman–Crippen MR) is 121 cm³/mol. The summed E-state index contributed by atoms with van der Waals surface area (Å²) in [5, 5.41) is 0.911. The van der Waals surface area contributed by atoms with E-state index in [9.17, 15) is 4.79 Å². The van der Waals surface area contributed by atoms with Crippen LogP contribution < -0.4 is 10.5 Å². The summed E-state index contributed by atoms with van der Waals surface area (Å²) >= 11 is 1.76. The molecule has 2 aromatic heterocycles. The lowest BCUT2D eigenvalue weighted by Crippen LogP contribution is -2.39. The van der Waals surface area contributed by atoms with Crippen molar-refractivity contribution in [1.29, 1.82) is 0 Å². The summed E-state index contributed by atoms with van der Waals surface area (Å²) in [6.45, 7) is 4.73. The van der Waals surface area contributed by atoms with Crippen LogP contribution in [-0.2, 0) is 25.8 Å². The number of anilines is 1. The minimum Gasteiger partial charge on any atom is -0.342 e. The van der Waals surface area contributed by atoms with Crippen molar-refractivity contribution in [2.24, 2.45) is 5.92 Å². The van der Waals surface area contributed by atoms with Crippen LogP contribution in [0, 0.1) is 5.92 Å². The lowest BCUT2D eigenvalue weighted by Gasteiger charge is -2.33. The zero-order chi connectivity index (χ0) is 19.8. The van der Waals surface area contributed by atoms with E-state index in [0.717, 1.165) is 61.4 Å². The number of nitrogens with zero attached hydrogens (tertiary/aromatic N) is 3. The van der Waals surface area contributed by atoms with Crippen molar-refractivity contribution in [2.75, 3.05) is 18.0 Å². The molecule has 4 nitrogen and oxygen atoms in total. The van der Waals surface area contributed by atoms with Crippen LogP contribution in [-0.4, -0.2) is 22.6 Å². The van der Waals surface area contributed by atoms with Gasteiger partial charge in [0.2, 0.25) is 5.95 Å². The molecule has 0 amide bonds. The van der Waals surface area contributed by atoms with E-state index in [-0.39, 0.29) is 5.56 Å². The Kier molecular flexibility index (Phi) is 5.17. The fourth-order valence-electron chi connectivity index (χ4n) is 5.04. The molecule has 3 heterocycles. The number of piperidine rings is 1. The molecule has 0 atom stereocenters. The number of benzene rings is 1. The summed E-state index contributed by atoms with van der Waals surface area (Å²) < 4.78 is 1.92. The largest absolute Gasteiger partial charge is 0.342 e. The van der Waals surface area contributed by atoms with Crippen LogP contribution >= 0.6 is 11.3 Å². The molecule has 1 fully saturated rings. The number of hydrogen-bond acceptors (Lipinski definition) is 4. The molecule has 0 unspecified atom stereocenters. The quantitative estimate of drug-likeness (QED) is 0.623. The van der Waals surface area contributed by atoms with E-state index in [2.05, 4.69) is 42.2 Å². The van der Waals surface area contributed by atoms with E-state index in [1.165, 1.54) is 28.8 Å². The average Bonchev–Trinajstić information content (AvgIpc) is 3.14. The maximum atomic E-state index is 13.4. The van der Waals surface area contributed by atoms with Crippen LogP contribution in [0.4, 0.5) is 5.95 Å². The lowest BCUT2D eigenvalue weighted by atomic mass is 9.90. The normalized spacial score (nSPS) is 17.6. The Hall–Kier alpha value is -2.14. The number of fused-ring (bicyclic) bond motifs is 3. The number of aromatic nitrogens is 2. The van der Waals surface area contributed by atoms with Gasteiger partial charge in [0.15, 0.2) is 0 Å². The van der Waals surface area contributed by atoms with Gasteiger partial charge in [-0.25, -0.2) is 4.98 Å². The van der Waals surface area contributed by atoms with Gasteiger partial charge in [-0.2, -0.15) is 0 Å². The van der Waals surface area contributed by atoms with Crippen LogP contribution in [0.3, 0.4) is 0 Å². The number of thiophene rings is 1. The Bertz CT molecular complexity index is 1060. The van der Waals surface area contributed by atoms with Crippen molar-refractivity contribution < 1.29 is 0 Å². The van der Waals surface area contributed by atoms with Crippen molar-refractivity contribution in [3.63, 3.8) is 0 Å². The second-order valence-electron chi connectivity index (χ2n) is 8.47. The zero-order valence-corrected chi connectivity index (χ0v) is 18.0. The standard InChI is InChI=1S/C24H29N3OS/c1-2-27-23(28)21-19-10-6-7-11-20(19)29-22(21)25-24(27)26-14-12-18(13-15-26)16-17-8-4-3-5-9-17/h3-5,8-9,18H,2,6-7,10-16H2,1H3. The van der Waals surface area contributed by atoms with E-state index >= 15 is 0 Å². The summed E-state index contributed by atoms with van der Waals surface area (Å²) in [5.41, 5.74) is 2.91. The molecule has 5 rings (SSSR count). The minimum atomic E-state index is 0.179. The average molecular weight is 408 g/mol. The first-order chi connectivity index (χ1) is 14.2. The fourth-order valence-corrected chi connectivity index (χ4v) is 6.29.